The topological polar surface area (TPSA) is 120 Å². The van der Waals surface area contributed by atoms with Gasteiger partial charge in [0, 0.05) is 31.4 Å². The molecule has 0 bridgehead atoms. The molecule has 0 aliphatic rings. The van der Waals surface area contributed by atoms with Gasteiger partial charge in [-0.15, -0.1) is 0 Å². The summed E-state index contributed by atoms with van der Waals surface area (Å²) in [5.74, 6) is -0.693. The van der Waals surface area contributed by atoms with E-state index in [2.05, 4.69) is 52.0 Å². The molecule has 2 aromatic rings. The number of halogens is 2. The lowest BCUT2D eigenvalue weighted by Gasteiger charge is -2.09. The molecule has 0 fully saturated rings. The molecular weight excluding hydrogens is 540 g/mol. The highest BCUT2D eigenvalue weighted by atomic mass is 79.9. The quantitative estimate of drug-likeness (QED) is 0.453. The molecule has 0 aliphatic heterocycles. The van der Waals surface area contributed by atoms with E-state index in [1.807, 2.05) is 0 Å². The van der Waals surface area contributed by atoms with E-state index in [1.165, 1.54) is 26.4 Å². The van der Waals surface area contributed by atoms with Crippen LogP contribution in [-0.2, 0) is 14.2 Å². The molecule has 31 heavy (non-hydrogen) atoms. The van der Waals surface area contributed by atoms with Crippen molar-refractivity contribution >= 4 is 67.0 Å². The Labute approximate surface area is 194 Å². The van der Waals surface area contributed by atoms with Gasteiger partial charge in [-0.2, -0.15) is 0 Å². The van der Waals surface area contributed by atoms with Gasteiger partial charge in [-0.3, -0.25) is 20.2 Å². The first-order chi connectivity index (χ1) is 14.7. The summed E-state index contributed by atoms with van der Waals surface area (Å²) in [7, 11) is 2.49. The van der Waals surface area contributed by atoms with Crippen LogP contribution in [0.2, 0.25) is 0 Å². The number of methoxy groups -OCH3 is 2. The molecule has 0 radical (unpaired) electrons. The predicted molar refractivity (Wildman–Crippen MR) is 120 cm³/mol. The zero-order valence-corrected chi connectivity index (χ0v) is 19.7. The third-order valence-electron chi connectivity index (χ3n) is 3.87. The van der Waals surface area contributed by atoms with Crippen molar-refractivity contribution < 1.29 is 33.4 Å². The Morgan fingerprint density at radius 3 is 1.45 bits per heavy atom. The van der Waals surface area contributed by atoms with Crippen LogP contribution in [-0.4, -0.2) is 51.2 Å². The molecule has 0 aliphatic carbocycles. The maximum absolute atomic E-state index is 12.4. The number of amides is 2. The van der Waals surface area contributed by atoms with E-state index in [0.29, 0.717) is 31.4 Å². The van der Waals surface area contributed by atoms with Crippen LogP contribution in [0, 0.1) is 0 Å². The molecule has 9 nitrogen and oxygen atoms in total. The number of carbonyl (C=O) groups excluding carboxylic acids is 4. The Morgan fingerprint density at radius 2 is 1.13 bits per heavy atom. The summed E-state index contributed by atoms with van der Waals surface area (Å²) >= 11 is 6.55. The smallest absolute Gasteiger partial charge is 0.411 e. The minimum absolute atomic E-state index is 0.312. The zero-order chi connectivity index (χ0) is 23.0. The molecule has 0 saturated heterocycles. The molecular formula is C20H18Br2N2O7. The predicted octanol–water partition coefficient (Wildman–Crippen LogP) is 4.65. The van der Waals surface area contributed by atoms with Gasteiger partial charge in [0.2, 0.25) is 0 Å². The minimum atomic E-state index is -0.631. The van der Waals surface area contributed by atoms with Gasteiger partial charge in [0.15, 0.2) is 11.6 Å². The van der Waals surface area contributed by atoms with Crippen molar-refractivity contribution in [1.82, 2.24) is 0 Å². The number of ketones is 2. The van der Waals surface area contributed by atoms with Crippen LogP contribution in [0.3, 0.4) is 0 Å². The standard InChI is InChI=1S/C20H18Br2N2O7/c1-29-19(27)23-11-3-5-13(15(21)7-11)17(25)9-31-10-18(26)14-6-4-12(8-16(14)22)24-20(28)30-2/h3-8H,9-10H2,1-2H3,(H,23,27)(H,24,28). The van der Waals surface area contributed by atoms with Gasteiger partial charge in [-0.25, -0.2) is 9.59 Å². The van der Waals surface area contributed by atoms with E-state index in [0.717, 1.165) is 0 Å². The number of rotatable bonds is 8. The fraction of sp³-hybridized carbons (Fsp3) is 0.200. The number of hydrogen-bond donors (Lipinski definition) is 2. The first-order valence-electron chi connectivity index (χ1n) is 8.68. The molecule has 0 heterocycles. The van der Waals surface area contributed by atoms with Gasteiger partial charge in [0.25, 0.3) is 0 Å². The highest BCUT2D eigenvalue weighted by molar-refractivity contribution is 9.10. The van der Waals surface area contributed by atoms with Crippen LogP contribution in [0.5, 0.6) is 0 Å². The summed E-state index contributed by atoms with van der Waals surface area (Å²) in [6, 6.07) is 9.23. The molecule has 11 heteroatoms. The largest absolute Gasteiger partial charge is 0.453 e. The van der Waals surface area contributed by atoms with Gasteiger partial charge >= 0.3 is 12.2 Å². The summed E-state index contributed by atoms with van der Waals surface area (Å²) < 4.78 is 15.2. The van der Waals surface area contributed by atoms with Crippen molar-refractivity contribution in [3.8, 4) is 0 Å². The van der Waals surface area contributed by atoms with Crippen molar-refractivity contribution in [2.24, 2.45) is 0 Å². The maximum atomic E-state index is 12.4. The van der Waals surface area contributed by atoms with E-state index in [9.17, 15) is 19.2 Å². The number of hydrogen-bond acceptors (Lipinski definition) is 7. The number of nitrogens with one attached hydrogen (secondary N) is 2. The second-order valence-electron chi connectivity index (χ2n) is 5.96. The van der Waals surface area contributed by atoms with Crippen molar-refractivity contribution in [1.29, 1.82) is 0 Å². The molecule has 0 spiro atoms. The van der Waals surface area contributed by atoms with E-state index < -0.39 is 12.2 Å². The molecule has 2 amide bonds. The van der Waals surface area contributed by atoms with Crippen molar-refractivity contribution in [3.63, 3.8) is 0 Å². The fourth-order valence-electron chi connectivity index (χ4n) is 2.37. The van der Waals surface area contributed by atoms with Crippen LogP contribution in [0.15, 0.2) is 45.3 Å². The SMILES string of the molecule is COC(=O)Nc1ccc(C(=O)COCC(=O)c2ccc(NC(=O)OC)cc2Br)c(Br)c1. The van der Waals surface area contributed by atoms with Crippen LogP contribution >= 0.6 is 31.9 Å². The second kappa shape index (κ2) is 11.6. The summed E-state index contributed by atoms with van der Waals surface area (Å²) in [5.41, 5.74) is 1.56. The lowest BCUT2D eigenvalue weighted by Crippen LogP contribution is -2.16. The van der Waals surface area contributed by atoms with Crippen LogP contribution in [0.4, 0.5) is 21.0 Å². The molecule has 0 atom stereocenters. The maximum Gasteiger partial charge on any atom is 0.411 e. The molecule has 2 N–H and O–H groups in total. The lowest BCUT2D eigenvalue weighted by atomic mass is 10.1. The van der Waals surface area contributed by atoms with E-state index in [4.69, 9.17) is 4.74 Å². The molecule has 0 saturated carbocycles. The molecule has 0 unspecified atom stereocenters. The third-order valence-corrected chi connectivity index (χ3v) is 5.18. The highest BCUT2D eigenvalue weighted by Gasteiger charge is 2.15. The number of carbonyl (C=O) groups is 4. The Kier molecular flexibility index (Phi) is 9.16. The number of ether oxygens (including phenoxy) is 3. The fourth-order valence-corrected chi connectivity index (χ4v) is 3.57. The highest BCUT2D eigenvalue weighted by Crippen LogP contribution is 2.24. The first kappa shape index (κ1) is 24.5. The Balaban J connectivity index is 1.92. The first-order valence-corrected chi connectivity index (χ1v) is 10.3. The van der Waals surface area contributed by atoms with Gasteiger partial charge in [-0.05, 0) is 68.3 Å². The van der Waals surface area contributed by atoms with E-state index >= 15 is 0 Å². The Morgan fingerprint density at radius 1 is 0.742 bits per heavy atom. The molecule has 2 aromatic carbocycles. The average molecular weight is 558 g/mol. The van der Waals surface area contributed by atoms with Crippen LogP contribution in [0.1, 0.15) is 20.7 Å². The van der Waals surface area contributed by atoms with Gasteiger partial charge in [-0.1, -0.05) is 0 Å². The third kappa shape index (κ3) is 7.16. The number of anilines is 2. The lowest BCUT2D eigenvalue weighted by molar-refractivity contribution is 0.0671. The Hall–Kier alpha value is -2.76. The summed E-state index contributed by atoms with van der Waals surface area (Å²) in [6.07, 6.45) is -1.26. The van der Waals surface area contributed by atoms with Crippen molar-refractivity contribution in [2.75, 3.05) is 38.1 Å². The Bertz CT molecular complexity index is 932. The van der Waals surface area contributed by atoms with Crippen molar-refractivity contribution in [2.45, 2.75) is 0 Å². The molecule has 164 valence electrons. The summed E-state index contributed by atoms with van der Waals surface area (Å²) in [5, 5.41) is 4.97. The summed E-state index contributed by atoms with van der Waals surface area (Å²) in [4.78, 5) is 47.2. The van der Waals surface area contributed by atoms with Crippen LogP contribution in [0.25, 0.3) is 0 Å². The van der Waals surface area contributed by atoms with Gasteiger partial charge in [0.05, 0.1) is 14.2 Å². The normalized spacial score (nSPS) is 10.2. The zero-order valence-electron chi connectivity index (χ0n) is 16.5. The molecule has 2 rings (SSSR count). The monoisotopic (exact) mass is 556 g/mol. The van der Waals surface area contributed by atoms with E-state index in [1.54, 1.807) is 24.3 Å². The van der Waals surface area contributed by atoms with E-state index in [-0.39, 0.29) is 24.8 Å². The van der Waals surface area contributed by atoms with Crippen molar-refractivity contribution in [3.05, 3.63) is 56.5 Å². The second-order valence-corrected chi connectivity index (χ2v) is 7.67. The van der Waals surface area contributed by atoms with Gasteiger partial charge < -0.3 is 14.2 Å². The minimum Gasteiger partial charge on any atom is -0.453 e. The van der Waals surface area contributed by atoms with Gasteiger partial charge in [0.1, 0.15) is 13.2 Å². The molecule has 0 aromatic heterocycles. The summed E-state index contributed by atoms with van der Waals surface area (Å²) in [6.45, 7) is -0.624. The number of benzene rings is 2. The number of Topliss-reactive ketones (excluding diaryl/α,β-unsaturated/α-hetero) is 2. The van der Waals surface area contributed by atoms with Crippen LogP contribution < -0.4 is 10.6 Å². The average Bonchev–Trinajstić information content (AvgIpc) is 2.73.